The van der Waals surface area contributed by atoms with E-state index in [2.05, 4.69) is 31.0 Å². The first-order valence-corrected chi connectivity index (χ1v) is 12.3. The summed E-state index contributed by atoms with van der Waals surface area (Å²) in [4.78, 5) is 20.7. The molecule has 0 bridgehead atoms. The van der Waals surface area contributed by atoms with Crippen LogP contribution in [-0.2, 0) is 31.6 Å². The molecule has 0 aromatic carbocycles. The summed E-state index contributed by atoms with van der Waals surface area (Å²) >= 11 is 3.22. The van der Waals surface area contributed by atoms with E-state index in [4.69, 9.17) is 9.40 Å². The molecular weight excluding hydrogens is 404 g/mol. The zero-order valence-electron chi connectivity index (χ0n) is 17.5. The molecule has 0 amide bonds. The molecule has 3 aromatic rings. The van der Waals surface area contributed by atoms with Gasteiger partial charge in [0.1, 0.15) is 4.83 Å². The number of hydrogen-bond acceptors (Lipinski definition) is 7. The molecule has 1 atom stereocenters. The smallest absolute Gasteiger partial charge is 0.263 e. The predicted molar refractivity (Wildman–Crippen MR) is 118 cm³/mol. The van der Waals surface area contributed by atoms with E-state index in [1.807, 2.05) is 11.5 Å². The molecule has 8 heteroatoms. The minimum Gasteiger partial charge on any atom is -0.424 e. The van der Waals surface area contributed by atoms with E-state index >= 15 is 0 Å². The number of thiophene rings is 1. The van der Waals surface area contributed by atoms with Crippen molar-refractivity contribution in [2.24, 2.45) is 11.8 Å². The molecule has 0 saturated heterocycles. The zero-order chi connectivity index (χ0) is 20.5. The van der Waals surface area contributed by atoms with Crippen LogP contribution in [0.15, 0.2) is 14.4 Å². The van der Waals surface area contributed by atoms with Crippen LogP contribution in [0.3, 0.4) is 0 Å². The molecule has 1 unspecified atom stereocenters. The highest BCUT2D eigenvalue weighted by atomic mass is 32.2. The Balaban J connectivity index is 1.72. The van der Waals surface area contributed by atoms with Gasteiger partial charge in [0, 0.05) is 17.8 Å². The van der Waals surface area contributed by atoms with Gasteiger partial charge in [0.05, 0.1) is 11.1 Å². The Hall–Kier alpha value is -1.67. The van der Waals surface area contributed by atoms with Crippen molar-refractivity contribution in [3.05, 3.63) is 32.6 Å². The van der Waals surface area contributed by atoms with Gasteiger partial charge in [0.25, 0.3) is 5.56 Å². The molecule has 3 heterocycles. The van der Waals surface area contributed by atoms with Crippen LogP contribution >= 0.6 is 23.1 Å². The highest BCUT2D eigenvalue weighted by Gasteiger charge is 2.25. The number of thioether (sulfide) groups is 1. The maximum Gasteiger partial charge on any atom is 0.263 e. The second kappa shape index (κ2) is 8.60. The van der Waals surface area contributed by atoms with Gasteiger partial charge >= 0.3 is 0 Å². The zero-order valence-corrected chi connectivity index (χ0v) is 19.2. The average Bonchev–Trinajstić information content (AvgIpc) is 3.29. The Labute approximate surface area is 179 Å². The average molecular weight is 433 g/mol. The molecule has 0 aliphatic heterocycles. The van der Waals surface area contributed by atoms with Crippen LogP contribution in [0.2, 0.25) is 0 Å². The van der Waals surface area contributed by atoms with Crippen LogP contribution in [0.4, 0.5) is 0 Å². The Kier molecular flexibility index (Phi) is 6.11. The molecule has 1 aliphatic rings. The normalized spacial score (nSPS) is 16.7. The fourth-order valence-electron chi connectivity index (χ4n) is 3.72. The first kappa shape index (κ1) is 20.6. The second-order valence-corrected chi connectivity index (χ2v) is 10.3. The Morgan fingerprint density at radius 1 is 1.31 bits per heavy atom. The fourth-order valence-corrected chi connectivity index (χ4v) is 6.00. The van der Waals surface area contributed by atoms with Gasteiger partial charge in [-0.05, 0) is 43.1 Å². The maximum atomic E-state index is 13.5. The van der Waals surface area contributed by atoms with Crippen LogP contribution in [0, 0.1) is 11.8 Å². The summed E-state index contributed by atoms with van der Waals surface area (Å²) in [6.45, 7) is 9.33. The van der Waals surface area contributed by atoms with E-state index in [-0.39, 0.29) is 5.56 Å². The van der Waals surface area contributed by atoms with Crippen LogP contribution in [0.1, 0.15) is 62.8 Å². The van der Waals surface area contributed by atoms with Gasteiger partial charge in [-0.2, -0.15) is 0 Å². The standard InChI is InChI=1S/C21H28N4O2S2/c1-5-16-23-24-17(27-16)11-28-21-22-19-18(20(26)25(21)9-8-12(2)3)14-7-6-13(4)10-15(14)29-19/h12-13H,5-11H2,1-4H3. The summed E-state index contributed by atoms with van der Waals surface area (Å²) < 4.78 is 7.50. The fraction of sp³-hybridized carbons (Fsp3) is 0.619. The summed E-state index contributed by atoms with van der Waals surface area (Å²) in [5.41, 5.74) is 1.37. The molecule has 1 aliphatic carbocycles. The third-order valence-electron chi connectivity index (χ3n) is 5.45. The molecule has 156 valence electrons. The summed E-state index contributed by atoms with van der Waals surface area (Å²) in [6, 6.07) is 0. The van der Waals surface area contributed by atoms with Crippen molar-refractivity contribution < 1.29 is 4.42 Å². The molecule has 0 spiro atoms. The van der Waals surface area contributed by atoms with E-state index in [0.717, 1.165) is 47.5 Å². The SMILES string of the molecule is CCc1nnc(CSc2nc3sc4c(c3c(=O)n2CCC(C)C)CCC(C)C4)o1. The van der Waals surface area contributed by atoms with E-state index in [1.54, 1.807) is 11.3 Å². The number of aromatic nitrogens is 4. The maximum absolute atomic E-state index is 13.5. The molecule has 0 N–H and O–H groups in total. The summed E-state index contributed by atoms with van der Waals surface area (Å²) in [6.07, 6.45) is 4.88. The van der Waals surface area contributed by atoms with Crippen molar-refractivity contribution in [3.8, 4) is 0 Å². The van der Waals surface area contributed by atoms with E-state index in [9.17, 15) is 4.79 Å². The van der Waals surface area contributed by atoms with Gasteiger partial charge in [0.2, 0.25) is 11.8 Å². The number of rotatable bonds is 7. The largest absolute Gasteiger partial charge is 0.424 e. The summed E-state index contributed by atoms with van der Waals surface area (Å²) in [5.74, 6) is 2.94. The van der Waals surface area contributed by atoms with Gasteiger partial charge in [-0.25, -0.2) is 4.98 Å². The van der Waals surface area contributed by atoms with Crippen molar-refractivity contribution in [1.29, 1.82) is 0 Å². The van der Waals surface area contributed by atoms with Gasteiger partial charge in [0.15, 0.2) is 5.16 Å². The minimum absolute atomic E-state index is 0.116. The number of aryl methyl sites for hydroxylation is 2. The lowest BCUT2D eigenvalue weighted by Crippen LogP contribution is -2.24. The molecule has 0 radical (unpaired) electrons. The molecule has 0 fully saturated rings. The van der Waals surface area contributed by atoms with Crippen molar-refractivity contribution in [2.75, 3.05) is 0 Å². The molecule has 6 nitrogen and oxygen atoms in total. The monoisotopic (exact) mass is 432 g/mol. The summed E-state index contributed by atoms with van der Waals surface area (Å²) in [7, 11) is 0. The van der Waals surface area contributed by atoms with E-state index in [1.165, 1.54) is 22.2 Å². The number of fused-ring (bicyclic) bond motifs is 3. The highest BCUT2D eigenvalue weighted by molar-refractivity contribution is 7.98. The predicted octanol–water partition coefficient (Wildman–Crippen LogP) is 4.87. The quantitative estimate of drug-likeness (QED) is 0.392. The van der Waals surface area contributed by atoms with Crippen LogP contribution in [0.25, 0.3) is 10.2 Å². The lowest BCUT2D eigenvalue weighted by molar-refractivity contribution is 0.467. The van der Waals surface area contributed by atoms with Crippen molar-refractivity contribution in [1.82, 2.24) is 19.7 Å². The van der Waals surface area contributed by atoms with Gasteiger partial charge in [-0.1, -0.05) is 39.5 Å². The third kappa shape index (κ3) is 4.28. The van der Waals surface area contributed by atoms with Gasteiger partial charge < -0.3 is 4.42 Å². The molecule has 29 heavy (non-hydrogen) atoms. The molecule has 0 saturated carbocycles. The molecular formula is C21H28N4O2S2. The highest BCUT2D eigenvalue weighted by Crippen LogP contribution is 2.36. The third-order valence-corrected chi connectivity index (χ3v) is 7.56. The number of hydrogen-bond donors (Lipinski definition) is 0. The van der Waals surface area contributed by atoms with E-state index < -0.39 is 0 Å². The Morgan fingerprint density at radius 2 is 2.10 bits per heavy atom. The Bertz CT molecular complexity index is 1070. The van der Waals surface area contributed by atoms with Crippen LogP contribution < -0.4 is 5.56 Å². The Morgan fingerprint density at radius 3 is 2.83 bits per heavy atom. The van der Waals surface area contributed by atoms with Crippen molar-refractivity contribution in [2.45, 2.75) is 77.3 Å². The van der Waals surface area contributed by atoms with Gasteiger partial charge in [-0.15, -0.1) is 21.5 Å². The van der Waals surface area contributed by atoms with Crippen LogP contribution in [-0.4, -0.2) is 19.7 Å². The number of nitrogens with zero attached hydrogens (tertiary/aromatic N) is 4. The first-order chi connectivity index (χ1) is 14.0. The van der Waals surface area contributed by atoms with Crippen molar-refractivity contribution >= 4 is 33.3 Å². The second-order valence-electron chi connectivity index (χ2n) is 8.30. The summed E-state index contributed by atoms with van der Waals surface area (Å²) in [5, 5.41) is 9.75. The first-order valence-electron chi connectivity index (χ1n) is 10.4. The van der Waals surface area contributed by atoms with E-state index in [0.29, 0.717) is 35.9 Å². The topological polar surface area (TPSA) is 73.8 Å². The minimum atomic E-state index is 0.116. The van der Waals surface area contributed by atoms with Crippen LogP contribution in [0.5, 0.6) is 0 Å². The molecule has 4 rings (SSSR count). The lowest BCUT2D eigenvalue weighted by atomic mass is 9.89. The van der Waals surface area contributed by atoms with Crippen molar-refractivity contribution in [3.63, 3.8) is 0 Å². The molecule has 3 aromatic heterocycles. The lowest BCUT2D eigenvalue weighted by Gasteiger charge is -2.18. The van der Waals surface area contributed by atoms with Gasteiger partial charge in [-0.3, -0.25) is 9.36 Å².